The highest BCUT2D eigenvalue weighted by Gasteiger charge is 2.17. The van der Waals surface area contributed by atoms with E-state index in [0.717, 1.165) is 23.1 Å². The average molecular weight is 259 g/mol. The van der Waals surface area contributed by atoms with Crippen LogP contribution < -0.4 is 10.8 Å². The molecule has 6 heteroatoms. The van der Waals surface area contributed by atoms with Gasteiger partial charge in [0, 0.05) is 17.6 Å². The van der Waals surface area contributed by atoms with Gasteiger partial charge in [-0.3, -0.25) is 4.79 Å². The summed E-state index contributed by atoms with van der Waals surface area (Å²) in [7, 11) is 5.69. The van der Waals surface area contributed by atoms with Gasteiger partial charge in [-0.05, 0) is 24.4 Å². The minimum atomic E-state index is -0.151. The second-order valence-electron chi connectivity index (χ2n) is 4.14. The van der Waals surface area contributed by atoms with Crippen molar-refractivity contribution in [2.24, 2.45) is 0 Å². The molecule has 2 radical (unpaired) electrons. The summed E-state index contributed by atoms with van der Waals surface area (Å²) in [5.74, 6) is -0.151. The lowest BCUT2D eigenvalue weighted by Crippen LogP contribution is -2.34. The van der Waals surface area contributed by atoms with E-state index in [0.29, 0.717) is 11.2 Å². The molecule has 4 nitrogen and oxygen atoms in total. The summed E-state index contributed by atoms with van der Waals surface area (Å²) in [5, 5.41) is 3.69. The summed E-state index contributed by atoms with van der Waals surface area (Å²) < 4.78 is 4.17. The van der Waals surface area contributed by atoms with E-state index in [9.17, 15) is 4.79 Å². The number of aromatic nitrogens is 2. The molecule has 0 aromatic carbocycles. The van der Waals surface area contributed by atoms with E-state index in [1.54, 1.807) is 12.3 Å². The van der Waals surface area contributed by atoms with Crippen LogP contribution in [0.25, 0.3) is 10.2 Å². The molecule has 0 bridgehead atoms. The Kier molecular flexibility index (Phi) is 3.96. The first-order valence-corrected chi connectivity index (χ1v) is 6.74. The minimum absolute atomic E-state index is 0.151. The smallest absolute Gasteiger partial charge is 0.271 e. The quantitative estimate of drug-likeness (QED) is 0.844. The first-order chi connectivity index (χ1) is 8.65. The largest absolute Gasteiger partial charge is 0.348 e. The molecule has 92 valence electrons. The lowest BCUT2D eigenvalue weighted by molar-refractivity contribution is 0.0932. The third kappa shape index (κ3) is 2.53. The van der Waals surface area contributed by atoms with Crippen LogP contribution in [0.2, 0.25) is 0 Å². The molecular formula is C12H14BN3OS. The van der Waals surface area contributed by atoms with Crippen molar-refractivity contribution in [2.75, 3.05) is 0 Å². The molecule has 2 heterocycles. The SMILES string of the molecule is [B]c1cnc2snc(C(=O)NC(CC)CC)c2c1. The number of hydrogen-bond donors (Lipinski definition) is 1. The van der Waals surface area contributed by atoms with Crippen molar-refractivity contribution in [3.63, 3.8) is 0 Å². The highest BCUT2D eigenvalue weighted by Crippen LogP contribution is 2.19. The highest BCUT2D eigenvalue weighted by atomic mass is 32.1. The van der Waals surface area contributed by atoms with Gasteiger partial charge in [-0.2, -0.15) is 4.37 Å². The van der Waals surface area contributed by atoms with Crippen molar-refractivity contribution in [1.82, 2.24) is 14.7 Å². The number of nitrogens with zero attached hydrogens (tertiary/aromatic N) is 2. The first kappa shape index (κ1) is 13.0. The molecule has 2 aromatic rings. The van der Waals surface area contributed by atoms with Gasteiger partial charge in [-0.25, -0.2) is 4.98 Å². The molecular weight excluding hydrogens is 245 g/mol. The van der Waals surface area contributed by atoms with Gasteiger partial charge in [0.15, 0.2) is 5.69 Å². The molecule has 0 spiro atoms. The van der Waals surface area contributed by atoms with Gasteiger partial charge >= 0.3 is 0 Å². The second-order valence-corrected chi connectivity index (χ2v) is 4.89. The summed E-state index contributed by atoms with van der Waals surface area (Å²) in [5.41, 5.74) is 0.959. The Hall–Kier alpha value is -1.43. The fourth-order valence-corrected chi connectivity index (χ4v) is 2.47. The summed E-state index contributed by atoms with van der Waals surface area (Å²) in [6.07, 6.45) is 3.39. The molecule has 0 saturated carbocycles. The third-order valence-corrected chi connectivity index (χ3v) is 3.66. The van der Waals surface area contributed by atoms with Crippen molar-refractivity contribution in [2.45, 2.75) is 32.7 Å². The molecule has 1 N–H and O–H groups in total. The van der Waals surface area contributed by atoms with Gasteiger partial charge in [0.2, 0.25) is 0 Å². The van der Waals surface area contributed by atoms with Gasteiger partial charge in [0.25, 0.3) is 5.91 Å². The van der Waals surface area contributed by atoms with Crippen LogP contribution in [0, 0.1) is 0 Å². The number of carbonyl (C=O) groups excluding carboxylic acids is 1. The fraction of sp³-hybridized carbons (Fsp3) is 0.417. The van der Waals surface area contributed by atoms with Crippen molar-refractivity contribution >= 4 is 41.0 Å². The molecule has 0 aliphatic rings. The average Bonchev–Trinajstić information content (AvgIpc) is 2.78. The van der Waals surface area contributed by atoms with Crippen LogP contribution in [0.15, 0.2) is 12.3 Å². The molecule has 2 rings (SSSR count). The Morgan fingerprint density at radius 1 is 1.50 bits per heavy atom. The summed E-state index contributed by atoms with van der Waals surface area (Å²) >= 11 is 1.22. The van der Waals surface area contributed by atoms with Crippen LogP contribution in [0.1, 0.15) is 37.2 Å². The molecule has 18 heavy (non-hydrogen) atoms. The van der Waals surface area contributed by atoms with E-state index in [4.69, 9.17) is 7.85 Å². The van der Waals surface area contributed by atoms with Crippen molar-refractivity contribution in [3.8, 4) is 0 Å². The predicted molar refractivity (Wildman–Crippen MR) is 74.6 cm³/mol. The van der Waals surface area contributed by atoms with E-state index in [2.05, 4.69) is 14.7 Å². The Balaban J connectivity index is 2.30. The normalized spacial score (nSPS) is 11.1. The lowest BCUT2D eigenvalue weighted by Gasteiger charge is -2.13. The van der Waals surface area contributed by atoms with E-state index in [1.807, 2.05) is 13.8 Å². The summed E-state index contributed by atoms with van der Waals surface area (Å²) in [4.78, 5) is 17.0. The van der Waals surface area contributed by atoms with Crippen LogP contribution in [0.3, 0.4) is 0 Å². The van der Waals surface area contributed by atoms with E-state index < -0.39 is 0 Å². The molecule has 0 saturated heterocycles. The Morgan fingerprint density at radius 3 is 2.89 bits per heavy atom. The van der Waals surface area contributed by atoms with Crippen LogP contribution >= 0.6 is 11.5 Å². The Labute approximate surface area is 111 Å². The zero-order chi connectivity index (χ0) is 13.1. The zero-order valence-electron chi connectivity index (χ0n) is 10.4. The maximum atomic E-state index is 12.1. The molecule has 2 aromatic heterocycles. The van der Waals surface area contributed by atoms with Crippen LogP contribution in [-0.4, -0.2) is 29.2 Å². The van der Waals surface area contributed by atoms with Crippen LogP contribution in [-0.2, 0) is 0 Å². The number of pyridine rings is 1. The van der Waals surface area contributed by atoms with Crippen molar-refractivity contribution in [3.05, 3.63) is 18.0 Å². The third-order valence-electron chi connectivity index (χ3n) is 2.89. The standard InChI is InChI=1S/C12H14BN3OS/c1-3-8(4-2)15-11(17)10-9-5-7(13)6-14-12(9)18-16-10/h5-6,8H,3-4H2,1-2H3,(H,15,17). The van der Waals surface area contributed by atoms with Crippen LogP contribution in [0.4, 0.5) is 0 Å². The molecule has 0 aliphatic carbocycles. The highest BCUT2D eigenvalue weighted by molar-refractivity contribution is 7.13. The number of amides is 1. The molecule has 0 fully saturated rings. The first-order valence-electron chi connectivity index (χ1n) is 5.97. The minimum Gasteiger partial charge on any atom is -0.348 e. The fourth-order valence-electron chi connectivity index (χ4n) is 1.76. The van der Waals surface area contributed by atoms with Gasteiger partial charge in [0.05, 0.1) is 0 Å². The van der Waals surface area contributed by atoms with Crippen molar-refractivity contribution < 1.29 is 4.79 Å². The lowest BCUT2D eigenvalue weighted by atomic mass is 9.97. The van der Waals surface area contributed by atoms with E-state index >= 15 is 0 Å². The zero-order valence-corrected chi connectivity index (χ0v) is 11.3. The second kappa shape index (κ2) is 5.48. The molecule has 0 atom stereocenters. The number of fused-ring (bicyclic) bond motifs is 1. The topological polar surface area (TPSA) is 54.9 Å². The number of rotatable bonds is 4. The molecule has 1 amide bonds. The number of carbonyl (C=O) groups is 1. The summed E-state index contributed by atoms with van der Waals surface area (Å²) in [6, 6.07) is 1.93. The Bertz CT molecular complexity index is 565. The monoisotopic (exact) mass is 259 g/mol. The van der Waals surface area contributed by atoms with Gasteiger partial charge in [-0.1, -0.05) is 25.4 Å². The molecule has 0 aliphatic heterocycles. The number of hydrogen-bond acceptors (Lipinski definition) is 4. The van der Waals surface area contributed by atoms with E-state index in [1.165, 1.54) is 11.5 Å². The van der Waals surface area contributed by atoms with Crippen LogP contribution in [0.5, 0.6) is 0 Å². The van der Waals surface area contributed by atoms with Gasteiger partial charge < -0.3 is 5.32 Å². The number of nitrogens with one attached hydrogen (secondary N) is 1. The maximum absolute atomic E-state index is 12.1. The molecule has 0 unspecified atom stereocenters. The van der Waals surface area contributed by atoms with Crippen molar-refractivity contribution in [1.29, 1.82) is 0 Å². The summed E-state index contributed by atoms with van der Waals surface area (Å²) in [6.45, 7) is 4.10. The van der Waals surface area contributed by atoms with Gasteiger partial charge in [-0.15, -0.1) is 0 Å². The van der Waals surface area contributed by atoms with Gasteiger partial charge in [0.1, 0.15) is 12.7 Å². The predicted octanol–water partition coefficient (Wildman–Crippen LogP) is 1.40. The van der Waals surface area contributed by atoms with E-state index in [-0.39, 0.29) is 11.9 Å². The maximum Gasteiger partial charge on any atom is 0.271 e. The Morgan fingerprint density at radius 2 is 2.22 bits per heavy atom.